The van der Waals surface area contributed by atoms with Crippen molar-refractivity contribution in [3.8, 4) is 11.5 Å². The molecule has 0 atom stereocenters. The van der Waals surface area contributed by atoms with E-state index in [0.717, 1.165) is 16.8 Å². The van der Waals surface area contributed by atoms with Crippen LogP contribution in [0.2, 0.25) is 5.02 Å². The van der Waals surface area contributed by atoms with Crippen LogP contribution in [0, 0.1) is 20.8 Å². The lowest BCUT2D eigenvalue weighted by Crippen LogP contribution is -2.03. The van der Waals surface area contributed by atoms with E-state index in [1.54, 1.807) is 7.11 Å². The highest BCUT2D eigenvalue weighted by Crippen LogP contribution is 2.37. The molecule has 28 heavy (non-hydrogen) atoms. The lowest BCUT2D eigenvalue weighted by molar-refractivity contribution is 0.284. The van der Waals surface area contributed by atoms with Crippen LogP contribution in [0.15, 0.2) is 54.6 Å². The minimum Gasteiger partial charge on any atom is -0.493 e. The van der Waals surface area contributed by atoms with Gasteiger partial charge in [-0.2, -0.15) is 0 Å². The van der Waals surface area contributed by atoms with E-state index in [-0.39, 0.29) is 0 Å². The molecule has 4 heteroatoms. The molecule has 0 aliphatic rings. The van der Waals surface area contributed by atoms with Crippen molar-refractivity contribution >= 4 is 17.3 Å². The van der Waals surface area contributed by atoms with E-state index < -0.39 is 0 Å². The molecular formula is C24H26ClNO2. The second-order valence-corrected chi connectivity index (χ2v) is 7.45. The lowest BCUT2D eigenvalue weighted by atomic mass is 10.1. The number of rotatable bonds is 7. The summed E-state index contributed by atoms with van der Waals surface area (Å²) in [5.41, 5.74) is 6.96. The summed E-state index contributed by atoms with van der Waals surface area (Å²) in [6.07, 6.45) is 0. The van der Waals surface area contributed by atoms with Gasteiger partial charge in [0.1, 0.15) is 6.61 Å². The van der Waals surface area contributed by atoms with Crippen molar-refractivity contribution < 1.29 is 9.47 Å². The van der Waals surface area contributed by atoms with Crippen molar-refractivity contribution in [1.29, 1.82) is 0 Å². The molecule has 146 valence electrons. The zero-order valence-electron chi connectivity index (χ0n) is 16.8. The fourth-order valence-electron chi connectivity index (χ4n) is 3.03. The van der Waals surface area contributed by atoms with Crippen molar-refractivity contribution in [3.63, 3.8) is 0 Å². The van der Waals surface area contributed by atoms with Gasteiger partial charge in [0, 0.05) is 12.2 Å². The number of benzene rings is 3. The highest BCUT2D eigenvalue weighted by Gasteiger charge is 2.12. The van der Waals surface area contributed by atoms with Crippen LogP contribution < -0.4 is 14.8 Å². The fourth-order valence-corrected chi connectivity index (χ4v) is 3.32. The van der Waals surface area contributed by atoms with Gasteiger partial charge >= 0.3 is 0 Å². The van der Waals surface area contributed by atoms with Gasteiger partial charge in [-0.1, -0.05) is 47.5 Å². The van der Waals surface area contributed by atoms with E-state index >= 15 is 0 Å². The summed E-state index contributed by atoms with van der Waals surface area (Å²) in [5.74, 6) is 1.21. The largest absolute Gasteiger partial charge is 0.493 e. The Hall–Kier alpha value is -2.65. The van der Waals surface area contributed by atoms with Crippen LogP contribution in [-0.4, -0.2) is 7.11 Å². The van der Waals surface area contributed by atoms with E-state index in [0.29, 0.717) is 29.7 Å². The summed E-state index contributed by atoms with van der Waals surface area (Å²) < 4.78 is 11.5. The molecule has 0 unspecified atom stereocenters. The van der Waals surface area contributed by atoms with E-state index in [4.69, 9.17) is 21.1 Å². The smallest absolute Gasteiger partial charge is 0.180 e. The monoisotopic (exact) mass is 395 g/mol. The molecule has 0 saturated carbocycles. The SMILES string of the molecule is COc1cc(CNc2ccc(C)c(C)c2)cc(Cl)c1OCc1cccc(C)c1. The van der Waals surface area contributed by atoms with Crippen LogP contribution in [-0.2, 0) is 13.2 Å². The van der Waals surface area contributed by atoms with E-state index in [1.807, 2.05) is 24.3 Å². The highest BCUT2D eigenvalue weighted by atomic mass is 35.5. The first-order valence-corrected chi connectivity index (χ1v) is 9.70. The number of ether oxygens (including phenoxy) is 2. The predicted molar refractivity (Wildman–Crippen MR) is 117 cm³/mol. The van der Waals surface area contributed by atoms with Gasteiger partial charge in [0.25, 0.3) is 0 Å². The van der Waals surface area contributed by atoms with Gasteiger partial charge in [0.05, 0.1) is 12.1 Å². The van der Waals surface area contributed by atoms with Crippen LogP contribution in [0.5, 0.6) is 11.5 Å². The Bertz CT molecular complexity index is 969. The quantitative estimate of drug-likeness (QED) is 0.497. The number of nitrogens with one attached hydrogen (secondary N) is 1. The average Bonchev–Trinajstić information content (AvgIpc) is 2.67. The number of hydrogen-bond donors (Lipinski definition) is 1. The van der Waals surface area contributed by atoms with Crippen molar-refractivity contribution in [3.05, 3.63) is 87.4 Å². The predicted octanol–water partition coefficient (Wildman–Crippen LogP) is 6.46. The van der Waals surface area contributed by atoms with Gasteiger partial charge in [0.15, 0.2) is 11.5 Å². The third-order valence-electron chi connectivity index (χ3n) is 4.76. The maximum Gasteiger partial charge on any atom is 0.180 e. The first-order chi connectivity index (χ1) is 13.5. The molecule has 0 aliphatic heterocycles. The summed E-state index contributed by atoms with van der Waals surface area (Å²) >= 11 is 6.51. The number of methoxy groups -OCH3 is 1. The van der Waals surface area contributed by atoms with E-state index in [9.17, 15) is 0 Å². The second-order valence-electron chi connectivity index (χ2n) is 7.04. The number of halogens is 1. The van der Waals surface area contributed by atoms with Gasteiger partial charge in [-0.25, -0.2) is 0 Å². The summed E-state index contributed by atoms with van der Waals surface area (Å²) in [6.45, 7) is 7.38. The van der Waals surface area contributed by atoms with Gasteiger partial charge in [0.2, 0.25) is 0 Å². The number of hydrogen-bond acceptors (Lipinski definition) is 3. The molecule has 0 spiro atoms. The summed E-state index contributed by atoms with van der Waals surface area (Å²) in [7, 11) is 1.63. The van der Waals surface area contributed by atoms with Crippen LogP contribution in [0.3, 0.4) is 0 Å². The molecule has 0 radical (unpaired) electrons. The molecule has 0 heterocycles. The minimum atomic E-state index is 0.442. The van der Waals surface area contributed by atoms with Crippen molar-refractivity contribution in [2.75, 3.05) is 12.4 Å². The molecule has 0 aliphatic carbocycles. The van der Waals surface area contributed by atoms with Crippen LogP contribution in [0.25, 0.3) is 0 Å². The third-order valence-corrected chi connectivity index (χ3v) is 5.04. The topological polar surface area (TPSA) is 30.5 Å². The molecule has 0 aromatic heterocycles. The Morgan fingerprint density at radius 2 is 1.71 bits per heavy atom. The zero-order chi connectivity index (χ0) is 20.1. The molecule has 0 bridgehead atoms. The van der Waals surface area contributed by atoms with Gasteiger partial charge in [-0.3, -0.25) is 0 Å². The van der Waals surface area contributed by atoms with Gasteiger partial charge in [-0.05, 0) is 67.3 Å². The Morgan fingerprint density at radius 1 is 0.893 bits per heavy atom. The summed E-state index contributed by atoms with van der Waals surface area (Å²) in [4.78, 5) is 0. The standard InChI is InChI=1S/C24H26ClNO2/c1-16-6-5-7-19(10-16)15-28-24-22(25)12-20(13-23(24)27-4)14-26-21-9-8-17(2)18(3)11-21/h5-13,26H,14-15H2,1-4H3. The Balaban J connectivity index is 1.72. The van der Waals surface area contributed by atoms with E-state index in [1.165, 1.54) is 16.7 Å². The zero-order valence-corrected chi connectivity index (χ0v) is 17.6. The molecule has 0 fully saturated rings. The van der Waals surface area contributed by atoms with Gasteiger partial charge < -0.3 is 14.8 Å². The molecule has 3 aromatic carbocycles. The normalized spacial score (nSPS) is 10.6. The first-order valence-electron chi connectivity index (χ1n) is 9.32. The molecular weight excluding hydrogens is 370 g/mol. The van der Waals surface area contributed by atoms with Crippen LogP contribution in [0.4, 0.5) is 5.69 Å². The maximum atomic E-state index is 6.51. The fraction of sp³-hybridized carbons (Fsp3) is 0.250. The minimum absolute atomic E-state index is 0.442. The van der Waals surface area contributed by atoms with E-state index in [2.05, 4.69) is 56.4 Å². The first kappa shape index (κ1) is 20.1. The molecule has 1 N–H and O–H groups in total. The van der Waals surface area contributed by atoms with Crippen molar-refractivity contribution in [2.45, 2.75) is 33.9 Å². The highest BCUT2D eigenvalue weighted by molar-refractivity contribution is 6.32. The summed E-state index contributed by atoms with van der Waals surface area (Å²) in [5, 5.41) is 3.98. The Morgan fingerprint density at radius 3 is 2.43 bits per heavy atom. The summed E-state index contributed by atoms with van der Waals surface area (Å²) in [6, 6.07) is 18.5. The third kappa shape index (κ3) is 4.99. The Labute approximate surface area is 172 Å². The number of aryl methyl sites for hydroxylation is 3. The van der Waals surface area contributed by atoms with Crippen LogP contribution in [0.1, 0.15) is 27.8 Å². The van der Waals surface area contributed by atoms with Crippen molar-refractivity contribution in [1.82, 2.24) is 0 Å². The molecule has 0 saturated heterocycles. The molecule has 3 rings (SSSR count). The number of anilines is 1. The molecule has 0 amide bonds. The van der Waals surface area contributed by atoms with Crippen LogP contribution >= 0.6 is 11.6 Å². The van der Waals surface area contributed by atoms with Crippen molar-refractivity contribution in [2.24, 2.45) is 0 Å². The Kier molecular flexibility index (Phi) is 6.48. The average molecular weight is 396 g/mol. The molecule has 3 nitrogen and oxygen atoms in total. The van der Waals surface area contributed by atoms with Gasteiger partial charge in [-0.15, -0.1) is 0 Å². The lowest BCUT2D eigenvalue weighted by Gasteiger charge is -2.15. The second kappa shape index (κ2) is 9.03. The molecule has 3 aromatic rings. The maximum absolute atomic E-state index is 6.51.